The summed E-state index contributed by atoms with van der Waals surface area (Å²) in [5.74, 6) is -4.25. The number of ether oxygens (including phenoxy) is 2. The normalized spacial score (nSPS) is 11.0. The van der Waals surface area contributed by atoms with Gasteiger partial charge in [0, 0.05) is 0 Å². The summed E-state index contributed by atoms with van der Waals surface area (Å²) in [6.45, 7) is 4.55. The van der Waals surface area contributed by atoms with Crippen LogP contribution in [0.4, 0.5) is 13.2 Å². The maximum atomic E-state index is 14.6. The van der Waals surface area contributed by atoms with E-state index in [9.17, 15) is 18.0 Å². The largest absolute Gasteiger partial charge is 0.490 e. The van der Waals surface area contributed by atoms with Crippen molar-refractivity contribution in [1.82, 2.24) is 0 Å². The number of hydrogen-bond donors (Lipinski definition) is 0. The Hall–Kier alpha value is -3.28. The molecule has 0 saturated heterocycles. The Morgan fingerprint density at radius 1 is 0.684 bits per heavy atom. The van der Waals surface area contributed by atoms with Gasteiger partial charge in [-0.05, 0) is 66.3 Å². The van der Waals surface area contributed by atoms with Gasteiger partial charge in [0.25, 0.3) is 0 Å². The van der Waals surface area contributed by atoms with Gasteiger partial charge in [-0.25, -0.2) is 9.18 Å². The number of rotatable bonds is 15. The zero-order chi connectivity index (χ0) is 27.3. The molecule has 0 radical (unpaired) electrons. The molecule has 0 fully saturated rings. The summed E-state index contributed by atoms with van der Waals surface area (Å²) in [6, 6.07) is 14.0. The number of unbranched alkanes of at least 4 members (excludes halogenated alkanes) is 7. The van der Waals surface area contributed by atoms with Gasteiger partial charge < -0.3 is 9.47 Å². The molecule has 0 amide bonds. The van der Waals surface area contributed by atoms with Crippen LogP contribution in [0.1, 0.15) is 87.6 Å². The van der Waals surface area contributed by atoms with E-state index in [-0.39, 0.29) is 23.7 Å². The van der Waals surface area contributed by atoms with E-state index < -0.39 is 23.4 Å². The molecule has 0 aromatic heterocycles. The zero-order valence-corrected chi connectivity index (χ0v) is 22.3. The Kier molecular flexibility index (Phi) is 11.7. The number of esters is 1. The predicted octanol–water partition coefficient (Wildman–Crippen LogP) is 9.46. The van der Waals surface area contributed by atoms with Crippen LogP contribution < -0.4 is 9.47 Å². The summed E-state index contributed by atoms with van der Waals surface area (Å²) < 4.78 is 54.0. The van der Waals surface area contributed by atoms with E-state index in [0.717, 1.165) is 63.4 Å². The van der Waals surface area contributed by atoms with Crippen molar-refractivity contribution in [3.05, 3.63) is 83.2 Å². The first-order valence-electron chi connectivity index (χ1n) is 13.7. The summed E-state index contributed by atoms with van der Waals surface area (Å²) in [7, 11) is 0. The smallest absolute Gasteiger partial charge is 0.343 e. The molecule has 0 aliphatic rings. The summed E-state index contributed by atoms with van der Waals surface area (Å²) in [5.41, 5.74) is 2.27. The Labute approximate surface area is 224 Å². The lowest BCUT2D eigenvalue weighted by Gasteiger charge is -2.11. The second kappa shape index (κ2) is 15.2. The summed E-state index contributed by atoms with van der Waals surface area (Å²) >= 11 is 0. The topological polar surface area (TPSA) is 35.5 Å². The fraction of sp³-hybridized carbons (Fsp3) is 0.406. The molecular formula is C32H37F3O3. The highest BCUT2D eigenvalue weighted by Crippen LogP contribution is 2.29. The highest BCUT2D eigenvalue weighted by molar-refractivity contribution is 5.91. The lowest BCUT2D eigenvalue weighted by atomic mass is 9.99. The average molecular weight is 527 g/mol. The van der Waals surface area contributed by atoms with Crippen molar-refractivity contribution in [2.75, 3.05) is 6.61 Å². The van der Waals surface area contributed by atoms with Crippen LogP contribution in [-0.2, 0) is 6.42 Å². The summed E-state index contributed by atoms with van der Waals surface area (Å²) in [5, 5.41) is 0. The van der Waals surface area contributed by atoms with E-state index >= 15 is 0 Å². The molecule has 204 valence electrons. The SMILES string of the molecule is CCCCCCCOc1ccc(OC(=O)c2ccc(-c3ccc(CCCCCC)c(F)c3)cc2)c(F)c1F. The van der Waals surface area contributed by atoms with Gasteiger partial charge in [0.05, 0.1) is 12.2 Å². The van der Waals surface area contributed by atoms with Crippen molar-refractivity contribution in [2.24, 2.45) is 0 Å². The third-order valence-corrected chi connectivity index (χ3v) is 6.53. The maximum Gasteiger partial charge on any atom is 0.343 e. The second-order valence-electron chi connectivity index (χ2n) is 9.54. The quantitative estimate of drug-likeness (QED) is 0.112. The van der Waals surface area contributed by atoms with Gasteiger partial charge in [0.2, 0.25) is 11.6 Å². The molecular weight excluding hydrogens is 489 g/mol. The number of hydrogen-bond acceptors (Lipinski definition) is 3. The van der Waals surface area contributed by atoms with E-state index in [1.54, 1.807) is 18.2 Å². The highest BCUT2D eigenvalue weighted by atomic mass is 19.2. The van der Waals surface area contributed by atoms with Gasteiger partial charge in [0.1, 0.15) is 5.82 Å². The minimum Gasteiger partial charge on any atom is -0.490 e. The van der Waals surface area contributed by atoms with Crippen LogP contribution in [0, 0.1) is 17.5 Å². The molecule has 0 unspecified atom stereocenters. The first-order chi connectivity index (χ1) is 18.4. The number of carbonyl (C=O) groups is 1. The Bertz CT molecular complexity index is 1180. The van der Waals surface area contributed by atoms with Crippen LogP contribution in [0.2, 0.25) is 0 Å². The van der Waals surface area contributed by atoms with Gasteiger partial charge in [-0.15, -0.1) is 0 Å². The molecule has 0 heterocycles. The molecule has 0 atom stereocenters. The molecule has 0 bridgehead atoms. The maximum absolute atomic E-state index is 14.6. The third kappa shape index (κ3) is 8.37. The van der Waals surface area contributed by atoms with Gasteiger partial charge in [-0.1, -0.05) is 83.1 Å². The zero-order valence-electron chi connectivity index (χ0n) is 22.3. The fourth-order valence-corrected chi connectivity index (χ4v) is 4.22. The van der Waals surface area contributed by atoms with Crippen molar-refractivity contribution in [3.63, 3.8) is 0 Å². The van der Waals surface area contributed by atoms with Crippen LogP contribution in [0.3, 0.4) is 0 Å². The van der Waals surface area contributed by atoms with E-state index in [4.69, 9.17) is 9.47 Å². The van der Waals surface area contributed by atoms with Crippen molar-refractivity contribution >= 4 is 5.97 Å². The lowest BCUT2D eigenvalue weighted by molar-refractivity contribution is 0.0726. The molecule has 3 rings (SSSR count). The van der Waals surface area contributed by atoms with Gasteiger partial charge in [-0.3, -0.25) is 0 Å². The van der Waals surface area contributed by atoms with E-state index in [1.807, 2.05) is 6.07 Å². The number of benzene rings is 3. The van der Waals surface area contributed by atoms with Crippen molar-refractivity contribution < 1.29 is 27.4 Å². The van der Waals surface area contributed by atoms with Crippen molar-refractivity contribution in [3.8, 4) is 22.6 Å². The predicted molar refractivity (Wildman–Crippen MR) is 145 cm³/mol. The molecule has 3 nitrogen and oxygen atoms in total. The first kappa shape index (κ1) is 29.3. The highest BCUT2D eigenvalue weighted by Gasteiger charge is 2.19. The number of halogens is 3. The second-order valence-corrected chi connectivity index (χ2v) is 9.54. The van der Waals surface area contributed by atoms with Crippen LogP contribution >= 0.6 is 0 Å². The fourth-order valence-electron chi connectivity index (χ4n) is 4.22. The molecule has 38 heavy (non-hydrogen) atoms. The molecule has 0 aliphatic heterocycles. The van der Waals surface area contributed by atoms with Gasteiger partial charge in [-0.2, -0.15) is 8.78 Å². The van der Waals surface area contributed by atoms with E-state index in [2.05, 4.69) is 13.8 Å². The first-order valence-corrected chi connectivity index (χ1v) is 13.7. The molecule has 0 spiro atoms. The monoisotopic (exact) mass is 526 g/mol. The molecule has 0 saturated carbocycles. The molecule has 0 N–H and O–H groups in total. The molecule has 0 aliphatic carbocycles. The van der Waals surface area contributed by atoms with Crippen molar-refractivity contribution in [2.45, 2.75) is 78.1 Å². The minimum absolute atomic E-state index is 0.161. The van der Waals surface area contributed by atoms with Crippen LogP contribution in [0.25, 0.3) is 11.1 Å². The lowest BCUT2D eigenvalue weighted by Crippen LogP contribution is -2.10. The van der Waals surface area contributed by atoms with Crippen LogP contribution in [0.5, 0.6) is 11.5 Å². The van der Waals surface area contributed by atoms with Crippen LogP contribution in [0.15, 0.2) is 54.6 Å². The van der Waals surface area contributed by atoms with Gasteiger partial charge in [0.15, 0.2) is 11.5 Å². The van der Waals surface area contributed by atoms with Crippen LogP contribution in [-0.4, -0.2) is 12.6 Å². The average Bonchev–Trinajstić information content (AvgIpc) is 2.93. The number of carbonyl (C=O) groups excluding carboxylic acids is 1. The van der Waals surface area contributed by atoms with E-state index in [1.165, 1.54) is 30.3 Å². The Morgan fingerprint density at radius 3 is 1.97 bits per heavy atom. The standard InChI is InChI=1S/C32H37F3O3/c1-3-5-7-9-11-21-37-28-19-20-29(31(35)30(28)34)38-32(36)25-16-13-23(14-17-25)26-18-15-24(27(33)22-26)12-10-8-6-4-2/h13-20,22H,3-12,21H2,1-2H3. The molecule has 6 heteroatoms. The minimum atomic E-state index is -1.27. The third-order valence-electron chi connectivity index (χ3n) is 6.53. The Morgan fingerprint density at radius 2 is 1.29 bits per heavy atom. The van der Waals surface area contributed by atoms with Crippen molar-refractivity contribution in [1.29, 1.82) is 0 Å². The van der Waals surface area contributed by atoms with E-state index in [0.29, 0.717) is 17.5 Å². The van der Waals surface area contributed by atoms with Gasteiger partial charge >= 0.3 is 5.97 Å². The Balaban J connectivity index is 1.58. The molecule has 3 aromatic carbocycles. The number of aryl methyl sites for hydroxylation is 1. The summed E-state index contributed by atoms with van der Waals surface area (Å²) in [4.78, 5) is 12.6. The summed E-state index contributed by atoms with van der Waals surface area (Å²) in [6.07, 6.45) is 10.1. The molecule has 3 aromatic rings.